The van der Waals surface area contributed by atoms with Crippen molar-refractivity contribution in [2.24, 2.45) is 0 Å². The Morgan fingerprint density at radius 2 is 1.34 bits per heavy atom. The number of nitrogens with zero attached hydrogens (tertiary/aromatic N) is 2. The quantitative estimate of drug-likeness (QED) is 0.288. The number of aromatic nitrogens is 2. The van der Waals surface area contributed by atoms with Gasteiger partial charge in [0.2, 0.25) is 0 Å². The molecule has 0 aliphatic carbocycles. The van der Waals surface area contributed by atoms with E-state index in [0.29, 0.717) is 0 Å². The summed E-state index contributed by atoms with van der Waals surface area (Å²) < 4.78 is 6.06. The molecule has 0 saturated heterocycles. The Hall–Kier alpha value is -1.90. The van der Waals surface area contributed by atoms with Crippen molar-refractivity contribution in [3.63, 3.8) is 0 Å². The molecule has 0 N–H and O–H groups in total. The van der Waals surface area contributed by atoms with Crippen LogP contribution in [-0.4, -0.2) is 16.1 Å². The van der Waals surface area contributed by atoms with Gasteiger partial charge in [-0.3, -0.25) is 0 Å². The molecule has 1 aromatic heterocycles. The van der Waals surface area contributed by atoms with E-state index in [1.54, 1.807) is 0 Å². The Labute approximate surface area is 178 Å². The Kier molecular flexibility index (Phi) is 11.4. The van der Waals surface area contributed by atoms with Gasteiger partial charge < -0.3 is 4.74 Å². The number of unbranched alkanes of at least 4 members (excludes halogenated alkanes) is 8. The van der Waals surface area contributed by atoms with Crippen molar-refractivity contribution in [2.75, 3.05) is 0 Å². The number of hydrogen-bond donors (Lipinski definition) is 0. The molecule has 0 radical (unpaired) electrons. The number of ether oxygens (including phenoxy) is 1. The summed E-state index contributed by atoms with van der Waals surface area (Å²) in [5.41, 5.74) is 2.28. The summed E-state index contributed by atoms with van der Waals surface area (Å²) >= 11 is 0. The van der Waals surface area contributed by atoms with Crippen molar-refractivity contribution in [3.05, 3.63) is 42.2 Å². The topological polar surface area (TPSA) is 35.0 Å². The average molecular weight is 397 g/mol. The first kappa shape index (κ1) is 23.4. The van der Waals surface area contributed by atoms with Crippen LogP contribution in [0.2, 0.25) is 0 Å². The first-order chi connectivity index (χ1) is 14.2. The fourth-order valence-electron chi connectivity index (χ4n) is 3.57. The lowest BCUT2D eigenvalue weighted by atomic mass is 10.1. The average Bonchev–Trinajstić information content (AvgIpc) is 2.74. The number of benzene rings is 1. The van der Waals surface area contributed by atoms with E-state index in [-0.39, 0.29) is 6.10 Å². The fourth-order valence-corrected chi connectivity index (χ4v) is 3.57. The molecule has 0 unspecified atom stereocenters. The van der Waals surface area contributed by atoms with Gasteiger partial charge in [0.05, 0.1) is 6.10 Å². The molecule has 2 aromatic rings. The lowest BCUT2D eigenvalue weighted by Gasteiger charge is -2.15. The Balaban J connectivity index is 1.76. The predicted molar refractivity (Wildman–Crippen MR) is 123 cm³/mol. The van der Waals surface area contributed by atoms with E-state index in [9.17, 15) is 0 Å². The summed E-state index contributed by atoms with van der Waals surface area (Å²) in [5, 5.41) is 0. The van der Waals surface area contributed by atoms with Gasteiger partial charge in [-0.15, -0.1) is 0 Å². The molecule has 3 heteroatoms. The van der Waals surface area contributed by atoms with Crippen molar-refractivity contribution in [1.82, 2.24) is 9.97 Å². The minimum atomic E-state index is 0.260. The molecule has 2 rings (SSSR count). The summed E-state index contributed by atoms with van der Waals surface area (Å²) in [4.78, 5) is 9.14. The maximum absolute atomic E-state index is 6.06. The van der Waals surface area contributed by atoms with Gasteiger partial charge in [0, 0.05) is 18.0 Å². The highest BCUT2D eigenvalue weighted by molar-refractivity contribution is 5.55. The van der Waals surface area contributed by atoms with E-state index in [4.69, 9.17) is 4.74 Å². The molecule has 1 aromatic carbocycles. The molecule has 0 aliphatic rings. The molecule has 0 aliphatic heterocycles. The number of aryl methyl sites for hydroxylation is 1. The van der Waals surface area contributed by atoms with E-state index >= 15 is 0 Å². The van der Waals surface area contributed by atoms with Crippen LogP contribution in [0.5, 0.6) is 5.75 Å². The minimum absolute atomic E-state index is 0.260. The van der Waals surface area contributed by atoms with Gasteiger partial charge >= 0.3 is 0 Å². The normalized spacial score (nSPS) is 12.1. The van der Waals surface area contributed by atoms with Crippen molar-refractivity contribution < 1.29 is 4.74 Å². The van der Waals surface area contributed by atoms with Crippen LogP contribution in [0.4, 0.5) is 0 Å². The summed E-state index contributed by atoms with van der Waals surface area (Å²) in [6.45, 7) is 6.67. The minimum Gasteiger partial charge on any atom is -0.491 e. The van der Waals surface area contributed by atoms with E-state index < -0.39 is 0 Å². The molecule has 0 amide bonds. The van der Waals surface area contributed by atoms with E-state index in [0.717, 1.165) is 30.0 Å². The Morgan fingerprint density at radius 3 is 1.97 bits per heavy atom. The molecule has 29 heavy (non-hydrogen) atoms. The van der Waals surface area contributed by atoms with Crippen LogP contribution in [0.25, 0.3) is 11.4 Å². The highest BCUT2D eigenvalue weighted by atomic mass is 16.5. The standard InChI is InChI=1S/C26H40N2O/c1-4-6-8-10-12-14-22(3)29-25-18-16-24(17-19-25)26-27-20-23(21-28-26)15-13-11-9-7-5-2/h16-22H,4-15H2,1-3H3/t22-/m0/s1. The molecule has 0 spiro atoms. The van der Waals surface area contributed by atoms with Crippen molar-refractivity contribution in [2.45, 2.75) is 104 Å². The maximum Gasteiger partial charge on any atom is 0.159 e. The maximum atomic E-state index is 6.06. The SMILES string of the molecule is CCCCCCCc1cnc(-c2ccc(O[C@@H](C)CCCCCCC)cc2)nc1. The summed E-state index contributed by atoms with van der Waals surface area (Å²) in [6, 6.07) is 8.19. The van der Waals surface area contributed by atoms with Gasteiger partial charge in [0.25, 0.3) is 0 Å². The van der Waals surface area contributed by atoms with Crippen LogP contribution < -0.4 is 4.74 Å². The molecular weight excluding hydrogens is 356 g/mol. The van der Waals surface area contributed by atoms with Crippen molar-refractivity contribution >= 4 is 0 Å². The molecular formula is C26H40N2O. The summed E-state index contributed by atoms with van der Waals surface area (Å²) in [7, 11) is 0. The molecule has 1 heterocycles. The monoisotopic (exact) mass is 396 g/mol. The number of rotatable bonds is 15. The van der Waals surface area contributed by atoms with E-state index in [1.807, 2.05) is 24.5 Å². The highest BCUT2D eigenvalue weighted by Crippen LogP contribution is 2.21. The van der Waals surface area contributed by atoms with Gasteiger partial charge in [-0.25, -0.2) is 9.97 Å². The van der Waals surface area contributed by atoms with Gasteiger partial charge in [0.1, 0.15) is 5.75 Å². The third kappa shape index (κ3) is 9.43. The molecule has 160 valence electrons. The highest BCUT2D eigenvalue weighted by Gasteiger charge is 2.06. The first-order valence-electron chi connectivity index (χ1n) is 11.8. The second kappa shape index (κ2) is 14.1. The lowest BCUT2D eigenvalue weighted by molar-refractivity contribution is 0.206. The van der Waals surface area contributed by atoms with E-state index in [2.05, 4.69) is 42.9 Å². The summed E-state index contributed by atoms with van der Waals surface area (Å²) in [5.74, 6) is 1.72. The third-order valence-corrected chi connectivity index (χ3v) is 5.44. The predicted octanol–water partition coefficient (Wildman–Crippen LogP) is 7.78. The molecule has 0 fully saturated rings. The molecule has 0 saturated carbocycles. The zero-order valence-corrected chi connectivity index (χ0v) is 18.8. The van der Waals surface area contributed by atoms with Crippen LogP contribution in [0.3, 0.4) is 0 Å². The van der Waals surface area contributed by atoms with Crippen molar-refractivity contribution in [3.8, 4) is 17.1 Å². The Bertz CT molecular complexity index is 651. The van der Waals surface area contributed by atoms with Crippen molar-refractivity contribution in [1.29, 1.82) is 0 Å². The second-order valence-corrected chi connectivity index (χ2v) is 8.23. The third-order valence-electron chi connectivity index (χ3n) is 5.44. The Morgan fingerprint density at radius 1 is 0.759 bits per heavy atom. The van der Waals surface area contributed by atoms with Gasteiger partial charge in [-0.2, -0.15) is 0 Å². The van der Waals surface area contributed by atoms with E-state index in [1.165, 1.54) is 69.8 Å². The van der Waals surface area contributed by atoms with Gasteiger partial charge in [-0.1, -0.05) is 65.2 Å². The summed E-state index contributed by atoms with van der Waals surface area (Å²) in [6.07, 6.45) is 19.5. The van der Waals surface area contributed by atoms with Crippen LogP contribution in [-0.2, 0) is 6.42 Å². The van der Waals surface area contributed by atoms with Gasteiger partial charge in [-0.05, 0) is 62.4 Å². The fraction of sp³-hybridized carbons (Fsp3) is 0.615. The number of hydrogen-bond acceptors (Lipinski definition) is 3. The zero-order valence-electron chi connectivity index (χ0n) is 18.8. The molecule has 1 atom stereocenters. The van der Waals surface area contributed by atoms with Crippen LogP contribution >= 0.6 is 0 Å². The van der Waals surface area contributed by atoms with Crippen LogP contribution in [0.1, 0.15) is 97.0 Å². The largest absolute Gasteiger partial charge is 0.491 e. The lowest BCUT2D eigenvalue weighted by Crippen LogP contribution is -2.11. The van der Waals surface area contributed by atoms with Crippen LogP contribution in [0, 0.1) is 0 Å². The van der Waals surface area contributed by atoms with Crippen LogP contribution in [0.15, 0.2) is 36.7 Å². The molecule has 3 nitrogen and oxygen atoms in total. The smallest absolute Gasteiger partial charge is 0.159 e. The molecule has 0 bridgehead atoms. The second-order valence-electron chi connectivity index (χ2n) is 8.23. The first-order valence-corrected chi connectivity index (χ1v) is 11.8. The zero-order chi connectivity index (χ0) is 20.7. The van der Waals surface area contributed by atoms with Gasteiger partial charge in [0.15, 0.2) is 5.82 Å².